The molecule has 5 nitrogen and oxygen atoms in total. The molecule has 0 amide bonds. The molecule has 1 aliphatic heterocycles. The van der Waals surface area contributed by atoms with E-state index in [1.54, 1.807) is 25.3 Å². The van der Waals surface area contributed by atoms with Gasteiger partial charge in [-0.05, 0) is 37.6 Å². The van der Waals surface area contributed by atoms with Crippen LogP contribution in [0.5, 0.6) is 5.75 Å². The molecular weight excluding hydrogens is 278 g/mol. The number of nitrogens with zero attached hydrogens (tertiary/aromatic N) is 2. The zero-order valence-electron chi connectivity index (χ0n) is 11.2. The molecule has 1 N–H and O–H groups in total. The Kier molecular flexibility index (Phi) is 3.89. The number of nitrogens with one attached hydrogen (secondary N) is 1. The van der Waals surface area contributed by atoms with Gasteiger partial charge in [0.2, 0.25) is 11.7 Å². The molecule has 6 heteroatoms. The monoisotopic (exact) mass is 293 g/mol. The Hall–Kier alpha value is -1.59. The van der Waals surface area contributed by atoms with Crippen LogP contribution >= 0.6 is 11.6 Å². The number of aromatic nitrogens is 2. The summed E-state index contributed by atoms with van der Waals surface area (Å²) in [7, 11) is 1.61. The van der Waals surface area contributed by atoms with E-state index in [4.69, 9.17) is 20.9 Å². The molecule has 1 saturated heterocycles. The van der Waals surface area contributed by atoms with Gasteiger partial charge in [0, 0.05) is 11.6 Å². The summed E-state index contributed by atoms with van der Waals surface area (Å²) in [6, 6.07) is 5.36. The van der Waals surface area contributed by atoms with Gasteiger partial charge in [-0.15, -0.1) is 0 Å². The van der Waals surface area contributed by atoms with Crippen LogP contribution < -0.4 is 10.1 Å². The lowest BCUT2D eigenvalue weighted by Gasteiger charge is -2.18. The molecule has 0 spiro atoms. The van der Waals surface area contributed by atoms with Crippen LogP contribution in [0.4, 0.5) is 0 Å². The quantitative estimate of drug-likeness (QED) is 0.943. The molecular formula is C14H16ClN3O2. The van der Waals surface area contributed by atoms with E-state index in [2.05, 4.69) is 15.5 Å². The summed E-state index contributed by atoms with van der Waals surface area (Å²) in [4.78, 5) is 4.50. The van der Waals surface area contributed by atoms with Crippen molar-refractivity contribution < 1.29 is 9.26 Å². The lowest BCUT2D eigenvalue weighted by molar-refractivity contribution is 0.322. The third-order valence-electron chi connectivity index (χ3n) is 3.49. The predicted octanol–water partition coefficient (Wildman–Crippen LogP) is 2.87. The van der Waals surface area contributed by atoms with Crippen molar-refractivity contribution >= 4 is 11.6 Å². The van der Waals surface area contributed by atoms with E-state index < -0.39 is 0 Å². The molecule has 2 aromatic rings. The maximum absolute atomic E-state index is 6.03. The number of ether oxygens (including phenoxy) is 1. The van der Waals surface area contributed by atoms with Crippen LogP contribution in [0.3, 0.4) is 0 Å². The van der Waals surface area contributed by atoms with Gasteiger partial charge < -0.3 is 14.6 Å². The van der Waals surface area contributed by atoms with Crippen molar-refractivity contribution in [1.82, 2.24) is 15.5 Å². The fraction of sp³-hybridized carbons (Fsp3) is 0.429. The van der Waals surface area contributed by atoms with Gasteiger partial charge in [-0.25, -0.2) is 0 Å². The van der Waals surface area contributed by atoms with E-state index in [0.29, 0.717) is 22.5 Å². The second-order valence-electron chi connectivity index (χ2n) is 4.84. The largest absolute Gasteiger partial charge is 0.496 e. The fourth-order valence-electron chi connectivity index (χ4n) is 2.43. The Bertz CT molecular complexity index is 594. The predicted molar refractivity (Wildman–Crippen MR) is 76.1 cm³/mol. The summed E-state index contributed by atoms with van der Waals surface area (Å²) in [5, 5.41) is 8.02. The average Bonchev–Trinajstić information content (AvgIpc) is 2.98. The second-order valence-corrected chi connectivity index (χ2v) is 5.28. The first-order chi connectivity index (χ1) is 9.78. The van der Waals surface area contributed by atoms with Crippen molar-refractivity contribution in [3.8, 4) is 17.1 Å². The smallest absolute Gasteiger partial charge is 0.231 e. The Morgan fingerprint density at radius 1 is 1.45 bits per heavy atom. The summed E-state index contributed by atoms with van der Waals surface area (Å²) in [6.07, 6.45) is 2.20. The van der Waals surface area contributed by atoms with Gasteiger partial charge in [-0.3, -0.25) is 0 Å². The standard InChI is InChI=1S/C14H16ClN3O2/c1-19-12-5-4-10(15)7-11(12)13-17-14(20-18-13)9-3-2-6-16-8-9/h4-5,7,9,16H,2-3,6,8H2,1H3. The number of methoxy groups -OCH3 is 1. The SMILES string of the molecule is COc1ccc(Cl)cc1-c1noc(C2CCCNC2)n1. The number of piperidine rings is 1. The van der Waals surface area contributed by atoms with Gasteiger partial charge in [0.25, 0.3) is 0 Å². The third kappa shape index (κ3) is 2.64. The molecule has 0 radical (unpaired) electrons. The minimum absolute atomic E-state index is 0.287. The van der Waals surface area contributed by atoms with Crippen LogP contribution in [-0.4, -0.2) is 30.3 Å². The number of benzene rings is 1. The van der Waals surface area contributed by atoms with E-state index in [0.717, 1.165) is 31.5 Å². The topological polar surface area (TPSA) is 60.2 Å². The molecule has 1 aromatic heterocycles. The highest BCUT2D eigenvalue weighted by molar-refractivity contribution is 6.30. The van der Waals surface area contributed by atoms with Crippen molar-refractivity contribution in [1.29, 1.82) is 0 Å². The first-order valence-electron chi connectivity index (χ1n) is 6.66. The lowest BCUT2D eigenvalue weighted by Crippen LogP contribution is -2.28. The third-order valence-corrected chi connectivity index (χ3v) is 3.73. The van der Waals surface area contributed by atoms with Gasteiger partial charge in [0.05, 0.1) is 18.6 Å². The van der Waals surface area contributed by atoms with Crippen LogP contribution in [0.25, 0.3) is 11.4 Å². The number of rotatable bonds is 3. The normalized spacial score (nSPS) is 19.0. The molecule has 0 bridgehead atoms. The summed E-state index contributed by atoms with van der Waals surface area (Å²) >= 11 is 6.03. The summed E-state index contributed by atoms with van der Waals surface area (Å²) in [5.41, 5.74) is 0.749. The molecule has 1 aromatic carbocycles. The van der Waals surface area contributed by atoms with Gasteiger partial charge in [0.1, 0.15) is 5.75 Å². The average molecular weight is 294 g/mol. The highest BCUT2D eigenvalue weighted by Crippen LogP contribution is 2.32. The summed E-state index contributed by atoms with van der Waals surface area (Å²) in [6.45, 7) is 1.94. The fourth-order valence-corrected chi connectivity index (χ4v) is 2.60. The highest BCUT2D eigenvalue weighted by Gasteiger charge is 2.22. The Morgan fingerprint density at radius 3 is 3.10 bits per heavy atom. The molecule has 2 heterocycles. The highest BCUT2D eigenvalue weighted by atomic mass is 35.5. The lowest BCUT2D eigenvalue weighted by atomic mass is 10.00. The molecule has 20 heavy (non-hydrogen) atoms. The van der Waals surface area contributed by atoms with E-state index in [1.807, 2.05) is 0 Å². The summed E-state index contributed by atoms with van der Waals surface area (Å²) in [5.74, 6) is 2.16. The van der Waals surface area contributed by atoms with Crippen LogP contribution in [0.1, 0.15) is 24.7 Å². The van der Waals surface area contributed by atoms with E-state index in [-0.39, 0.29) is 5.92 Å². The van der Waals surface area contributed by atoms with E-state index >= 15 is 0 Å². The number of hydrogen-bond donors (Lipinski definition) is 1. The zero-order chi connectivity index (χ0) is 13.9. The van der Waals surface area contributed by atoms with E-state index in [9.17, 15) is 0 Å². The Balaban J connectivity index is 1.91. The molecule has 1 unspecified atom stereocenters. The zero-order valence-corrected chi connectivity index (χ0v) is 12.0. The van der Waals surface area contributed by atoms with Crippen LogP contribution in [0.15, 0.2) is 22.7 Å². The number of halogens is 1. The minimum Gasteiger partial charge on any atom is -0.496 e. The Morgan fingerprint density at radius 2 is 2.35 bits per heavy atom. The van der Waals surface area contributed by atoms with Gasteiger partial charge in [0.15, 0.2) is 0 Å². The molecule has 1 aliphatic rings. The molecule has 1 fully saturated rings. The maximum Gasteiger partial charge on any atom is 0.231 e. The van der Waals surface area contributed by atoms with Crippen molar-refractivity contribution in [2.75, 3.05) is 20.2 Å². The second kappa shape index (κ2) is 5.81. The van der Waals surface area contributed by atoms with Crippen molar-refractivity contribution in [2.45, 2.75) is 18.8 Å². The van der Waals surface area contributed by atoms with Gasteiger partial charge in [-0.1, -0.05) is 16.8 Å². The van der Waals surface area contributed by atoms with Crippen molar-refractivity contribution in [3.63, 3.8) is 0 Å². The molecule has 0 saturated carbocycles. The summed E-state index contributed by atoms with van der Waals surface area (Å²) < 4.78 is 10.7. The first kappa shape index (κ1) is 13.4. The van der Waals surface area contributed by atoms with E-state index in [1.165, 1.54) is 0 Å². The molecule has 0 aliphatic carbocycles. The Labute approximate surface area is 122 Å². The van der Waals surface area contributed by atoms with Crippen molar-refractivity contribution in [2.24, 2.45) is 0 Å². The number of hydrogen-bond acceptors (Lipinski definition) is 5. The first-order valence-corrected chi connectivity index (χ1v) is 7.04. The van der Waals surface area contributed by atoms with Crippen molar-refractivity contribution in [3.05, 3.63) is 29.1 Å². The van der Waals surface area contributed by atoms with Crippen LogP contribution in [0, 0.1) is 0 Å². The van der Waals surface area contributed by atoms with Gasteiger partial charge in [-0.2, -0.15) is 4.98 Å². The maximum atomic E-state index is 6.03. The molecule has 3 rings (SSSR count). The van der Waals surface area contributed by atoms with Crippen LogP contribution in [-0.2, 0) is 0 Å². The van der Waals surface area contributed by atoms with Crippen LogP contribution in [0.2, 0.25) is 5.02 Å². The van der Waals surface area contributed by atoms with Gasteiger partial charge >= 0.3 is 0 Å². The molecule has 1 atom stereocenters. The minimum atomic E-state index is 0.287. The molecule has 106 valence electrons.